The second-order valence-electron chi connectivity index (χ2n) is 8.21. The number of amides is 1. The van der Waals surface area contributed by atoms with Gasteiger partial charge in [0.15, 0.2) is 0 Å². The van der Waals surface area contributed by atoms with Crippen LogP contribution >= 0.6 is 0 Å². The lowest BCUT2D eigenvalue weighted by Crippen LogP contribution is -2.51. The first-order valence-electron chi connectivity index (χ1n) is 9.25. The fourth-order valence-corrected chi connectivity index (χ4v) is 6.20. The van der Waals surface area contributed by atoms with Crippen LogP contribution in [0.4, 0.5) is 0 Å². The summed E-state index contributed by atoms with van der Waals surface area (Å²) in [7, 11) is 0. The van der Waals surface area contributed by atoms with Crippen molar-refractivity contribution in [2.75, 3.05) is 13.1 Å². The molecule has 2 bridgehead atoms. The van der Waals surface area contributed by atoms with Crippen molar-refractivity contribution in [3.05, 3.63) is 0 Å². The number of nitrogens with zero attached hydrogens (tertiary/aromatic N) is 1. The molecule has 1 heterocycles. The third-order valence-corrected chi connectivity index (χ3v) is 7.30. The van der Waals surface area contributed by atoms with E-state index in [1.165, 1.54) is 51.4 Å². The number of piperidine rings is 1. The van der Waals surface area contributed by atoms with Gasteiger partial charge in [-0.05, 0) is 75.0 Å². The van der Waals surface area contributed by atoms with Crippen molar-refractivity contribution in [2.45, 2.75) is 70.3 Å². The lowest BCUT2D eigenvalue weighted by Gasteiger charge is -2.48. The molecule has 1 spiro atoms. The van der Waals surface area contributed by atoms with E-state index in [-0.39, 0.29) is 5.92 Å². The first-order valence-corrected chi connectivity index (χ1v) is 9.25. The molecule has 4 aliphatic rings. The molecule has 5 atom stereocenters. The quantitative estimate of drug-likeness (QED) is 0.807. The normalized spacial score (nSPS) is 46.2. The summed E-state index contributed by atoms with van der Waals surface area (Å²) >= 11 is 0. The van der Waals surface area contributed by atoms with Gasteiger partial charge in [-0.15, -0.1) is 0 Å². The van der Waals surface area contributed by atoms with Gasteiger partial charge in [0.2, 0.25) is 5.91 Å². The Morgan fingerprint density at radius 3 is 2.57 bits per heavy atom. The van der Waals surface area contributed by atoms with Crippen LogP contribution in [0.25, 0.3) is 0 Å². The van der Waals surface area contributed by atoms with Crippen LogP contribution in [0.2, 0.25) is 0 Å². The predicted octanol–water partition coefficient (Wildman–Crippen LogP) is 2.93. The monoisotopic (exact) mass is 290 g/mol. The summed E-state index contributed by atoms with van der Waals surface area (Å²) in [5.41, 5.74) is 6.98. The van der Waals surface area contributed by atoms with Crippen LogP contribution in [0.5, 0.6) is 0 Å². The average molecular weight is 290 g/mol. The first-order chi connectivity index (χ1) is 10.2. The van der Waals surface area contributed by atoms with E-state index in [9.17, 15) is 4.79 Å². The van der Waals surface area contributed by atoms with E-state index in [0.29, 0.717) is 17.4 Å². The molecule has 0 aromatic rings. The van der Waals surface area contributed by atoms with Crippen molar-refractivity contribution in [2.24, 2.45) is 28.9 Å². The number of fused-ring (bicyclic) bond motifs is 3. The van der Waals surface area contributed by atoms with Crippen molar-refractivity contribution in [1.29, 1.82) is 0 Å². The molecule has 1 aliphatic heterocycles. The number of likely N-dealkylation sites (tertiary alicyclic amines) is 1. The second kappa shape index (κ2) is 5.26. The molecule has 4 rings (SSSR count). The molecule has 118 valence electrons. The summed E-state index contributed by atoms with van der Waals surface area (Å²) in [5.74, 6) is 2.33. The Balaban J connectivity index is 1.49. The second-order valence-corrected chi connectivity index (χ2v) is 8.21. The van der Waals surface area contributed by atoms with Gasteiger partial charge >= 0.3 is 0 Å². The molecular weight excluding hydrogens is 260 g/mol. The molecule has 3 heteroatoms. The molecule has 3 aliphatic carbocycles. The van der Waals surface area contributed by atoms with Crippen LogP contribution in [0, 0.1) is 23.2 Å². The van der Waals surface area contributed by atoms with Crippen molar-refractivity contribution in [1.82, 2.24) is 4.90 Å². The topological polar surface area (TPSA) is 46.3 Å². The standard InChI is InChI=1S/C18H30N2O/c19-16-13-6-7-15(11-13)18(16)8-4-5-14(12-18)17(21)20-9-2-1-3-10-20/h13-16H,1-12,19H2/t13?,14?,15-,16-,18+/m0/s1. The molecule has 3 nitrogen and oxygen atoms in total. The highest BCUT2D eigenvalue weighted by molar-refractivity contribution is 5.79. The fourth-order valence-electron chi connectivity index (χ4n) is 6.20. The average Bonchev–Trinajstić information content (AvgIpc) is 3.11. The summed E-state index contributed by atoms with van der Waals surface area (Å²) in [6.45, 7) is 2.00. The number of carbonyl (C=O) groups is 1. The summed E-state index contributed by atoms with van der Waals surface area (Å²) in [4.78, 5) is 15.0. The summed E-state index contributed by atoms with van der Waals surface area (Å²) in [6.07, 6.45) is 12.5. The van der Waals surface area contributed by atoms with Crippen molar-refractivity contribution in [3.8, 4) is 0 Å². The third kappa shape index (κ3) is 2.15. The van der Waals surface area contributed by atoms with Crippen molar-refractivity contribution >= 4 is 5.91 Å². The van der Waals surface area contributed by atoms with Crippen molar-refractivity contribution in [3.63, 3.8) is 0 Å². The number of nitrogens with two attached hydrogens (primary N) is 1. The molecule has 2 N–H and O–H groups in total. The number of rotatable bonds is 1. The van der Waals surface area contributed by atoms with E-state index in [0.717, 1.165) is 37.8 Å². The Bertz CT molecular complexity index is 413. The lowest BCUT2D eigenvalue weighted by molar-refractivity contribution is -0.140. The van der Waals surface area contributed by atoms with Crippen molar-refractivity contribution < 1.29 is 4.79 Å². The van der Waals surface area contributed by atoms with Gasteiger partial charge in [0.25, 0.3) is 0 Å². The van der Waals surface area contributed by atoms with Crippen LogP contribution in [0.1, 0.15) is 64.2 Å². The lowest BCUT2D eigenvalue weighted by atomic mass is 9.59. The SMILES string of the molecule is N[C@H]1C2CC[C@@H](C2)[C@]12CCCC(C(=O)N1CCCCC1)C2. The van der Waals surface area contributed by atoms with Gasteiger partial charge in [-0.2, -0.15) is 0 Å². The largest absolute Gasteiger partial charge is 0.342 e. The highest BCUT2D eigenvalue weighted by Gasteiger charge is 2.58. The summed E-state index contributed by atoms with van der Waals surface area (Å²) < 4.78 is 0. The highest BCUT2D eigenvalue weighted by atomic mass is 16.2. The fraction of sp³-hybridized carbons (Fsp3) is 0.944. The third-order valence-electron chi connectivity index (χ3n) is 7.30. The zero-order valence-electron chi connectivity index (χ0n) is 13.2. The zero-order chi connectivity index (χ0) is 14.4. The maximum Gasteiger partial charge on any atom is 0.225 e. The number of hydrogen-bond acceptors (Lipinski definition) is 2. The number of carbonyl (C=O) groups excluding carboxylic acids is 1. The smallest absolute Gasteiger partial charge is 0.225 e. The van der Waals surface area contributed by atoms with Gasteiger partial charge in [-0.25, -0.2) is 0 Å². The molecule has 21 heavy (non-hydrogen) atoms. The van der Waals surface area contributed by atoms with E-state index in [1.807, 2.05) is 0 Å². The Hall–Kier alpha value is -0.570. The van der Waals surface area contributed by atoms with E-state index in [1.54, 1.807) is 0 Å². The Morgan fingerprint density at radius 1 is 1.05 bits per heavy atom. The predicted molar refractivity (Wildman–Crippen MR) is 83.6 cm³/mol. The molecule has 1 amide bonds. The number of hydrogen-bond donors (Lipinski definition) is 1. The molecule has 0 radical (unpaired) electrons. The Kier molecular flexibility index (Phi) is 3.52. The van der Waals surface area contributed by atoms with E-state index < -0.39 is 0 Å². The van der Waals surface area contributed by atoms with Gasteiger partial charge in [-0.3, -0.25) is 4.79 Å². The molecule has 4 fully saturated rings. The molecule has 0 aromatic heterocycles. The van der Waals surface area contributed by atoms with Gasteiger partial charge in [-0.1, -0.05) is 6.42 Å². The minimum Gasteiger partial charge on any atom is -0.342 e. The summed E-state index contributed by atoms with van der Waals surface area (Å²) in [6, 6.07) is 0.383. The van der Waals surface area contributed by atoms with E-state index in [4.69, 9.17) is 5.73 Å². The molecule has 3 saturated carbocycles. The minimum atomic E-state index is 0.280. The van der Waals surface area contributed by atoms with E-state index >= 15 is 0 Å². The van der Waals surface area contributed by atoms with E-state index in [2.05, 4.69) is 4.90 Å². The molecular formula is C18H30N2O. The minimum absolute atomic E-state index is 0.280. The maximum atomic E-state index is 12.9. The van der Waals surface area contributed by atoms with Gasteiger partial charge < -0.3 is 10.6 Å². The van der Waals surface area contributed by atoms with Gasteiger partial charge in [0.1, 0.15) is 0 Å². The van der Waals surface area contributed by atoms with Crippen LogP contribution in [-0.2, 0) is 4.79 Å². The first kappa shape index (κ1) is 14.0. The van der Waals surface area contributed by atoms with Gasteiger partial charge in [0, 0.05) is 25.0 Å². The van der Waals surface area contributed by atoms with Crippen LogP contribution in [0.3, 0.4) is 0 Å². The van der Waals surface area contributed by atoms with Gasteiger partial charge in [0.05, 0.1) is 0 Å². The molecule has 1 saturated heterocycles. The van der Waals surface area contributed by atoms with Crippen LogP contribution < -0.4 is 5.73 Å². The maximum absolute atomic E-state index is 12.9. The molecule has 2 unspecified atom stereocenters. The molecule has 0 aromatic carbocycles. The summed E-state index contributed by atoms with van der Waals surface area (Å²) in [5, 5.41) is 0. The Labute approximate surface area is 128 Å². The highest BCUT2D eigenvalue weighted by Crippen LogP contribution is 2.61. The zero-order valence-corrected chi connectivity index (χ0v) is 13.2. The Morgan fingerprint density at radius 2 is 1.86 bits per heavy atom. The van der Waals surface area contributed by atoms with Crippen LogP contribution in [-0.4, -0.2) is 29.9 Å². The van der Waals surface area contributed by atoms with Crippen LogP contribution in [0.15, 0.2) is 0 Å².